The molecular weight excluding hydrogens is 190 g/mol. The fraction of sp³-hybridized carbons (Fsp3) is 0.0909. The van der Waals surface area contributed by atoms with Gasteiger partial charge in [-0.25, -0.2) is 4.98 Å². The van der Waals surface area contributed by atoms with E-state index in [0.29, 0.717) is 5.82 Å². The Morgan fingerprint density at radius 3 is 2.93 bits per heavy atom. The highest BCUT2D eigenvalue weighted by Crippen LogP contribution is 2.04. The first-order chi connectivity index (χ1) is 7.36. The monoisotopic (exact) mass is 201 g/mol. The number of anilines is 1. The molecule has 0 aliphatic carbocycles. The Balaban J connectivity index is 2.06. The number of nitrogens with zero attached hydrogens (tertiary/aromatic N) is 2. The van der Waals surface area contributed by atoms with Crippen molar-refractivity contribution in [1.29, 1.82) is 0 Å². The van der Waals surface area contributed by atoms with Crippen LogP contribution >= 0.6 is 0 Å². The van der Waals surface area contributed by atoms with Crippen LogP contribution in [0, 0.1) is 0 Å². The van der Waals surface area contributed by atoms with Crippen LogP contribution in [0.3, 0.4) is 0 Å². The van der Waals surface area contributed by atoms with Crippen molar-refractivity contribution in [2.75, 3.05) is 5.43 Å². The van der Waals surface area contributed by atoms with Gasteiger partial charge in [0.1, 0.15) is 17.3 Å². The first-order valence-electron chi connectivity index (χ1n) is 4.61. The average Bonchev–Trinajstić information content (AvgIpc) is 2.81. The van der Waals surface area contributed by atoms with Crippen molar-refractivity contribution in [3.8, 4) is 0 Å². The predicted octanol–water partition coefficient (Wildman–Crippen LogP) is 2.51. The van der Waals surface area contributed by atoms with Crippen LogP contribution in [-0.4, -0.2) is 10.7 Å². The third-order valence-corrected chi connectivity index (χ3v) is 1.88. The molecule has 0 fully saturated rings. The molecule has 0 bridgehead atoms. The number of hydrogen-bond donors (Lipinski definition) is 1. The first-order valence-corrected chi connectivity index (χ1v) is 4.61. The number of pyridine rings is 1. The van der Waals surface area contributed by atoms with E-state index in [1.54, 1.807) is 12.5 Å². The van der Waals surface area contributed by atoms with E-state index in [-0.39, 0.29) is 0 Å². The van der Waals surface area contributed by atoms with Gasteiger partial charge in [-0.15, -0.1) is 0 Å². The molecule has 0 radical (unpaired) electrons. The van der Waals surface area contributed by atoms with Gasteiger partial charge in [-0.3, -0.25) is 5.43 Å². The molecule has 0 aromatic carbocycles. The SMILES string of the molecule is CC(=NNc1ccccn1)c1ccco1. The van der Waals surface area contributed by atoms with Crippen molar-refractivity contribution in [2.24, 2.45) is 5.10 Å². The molecule has 4 nitrogen and oxygen atoms in total. The highest BCUT2D eigenvalue weighted by molar-refractivity contribution is 5.96. The number of aromatic nitrogens is 1. The lowest BCUT2D eigenvalue weighted by Gasteiger charge is -1.99. The fourth-order valence-electron chi connectivity index (χ4n) is 1.11. The molecular formula is C11H11N3O. The summed E-state index contributed by atoms with van der Waals surface area (Å²) in [7, 11) is 0. The largest absolute Gasteiger partial charge is 0.463 e. The molecule has 15 heavy (non-hydrogen) atoms. The van der Waals surface area contributed by atoms with E-state index in [2.05, 4.69) is 15.5 Å². The second-order valence-electron chi connectivity index (χ2n) is 3.00. The molecule has 0 amide bonds. The Hall–Kier alpha value is -2.10. The van der Waals surface area contributed by atoms with Crippen LogP contribution in [0.1, 0.15) is 12.7 Å². The summed E-state index contributed by atoms with van der Waals surface area (Å²) in [6.45, 7) is 1.87. The van der Waals surface area contributed by atoms with Gasteiger partial charge in [-0.2, -0.15) is 5.10 Å². The Morgan fingerprint density at radius 2 is 2.27 bits per heavy atom. The van der Waals surface area contributed by atoms with Crippen LogP contribution in [-0.2, 0) is 0 Å². The van der Waals surface area contributed by atoms with Crippen LogP contribution in [0.15, 0.2) is 52.3 Å². The molecule has 2 aromatic heterocycles. The van der Waals surface area contributed by atoms with Gasteiger partial charge in [-0.05, 0) is 31.2 Å². The summed E-state index contributed by atoms with van der Waals surface area (Å²) in [5, 5.41) is 4.15. The van der Waals surface area contributed by atoms with Crippen molar-refractivity contribution >= 4 is 11.5 Å². The maximum Gasteiger partial charge on any atom is 0.149 e. The molecule has 4 heteroatoms. The van der Waals surface area contributed by atoms with Crippen LogP contribution in [0.2, 0.25) is 0 Å². The van der Waals surface area contributed by atoms with Gasteiger partial charge in [0.05, 0.1) is 6.26 Å². The number of hydrazone groups is 1. The summed E-state index contributed by atoms with van der Waals surface area (Å²) < 4.78 is 5.19. The summed E-state index contributed by atoms with van der Waals surface area (Å²) in [5.41, 5.74) is 3.63. The standard InChI is InChI=1S/C11H11N3O/c1-9(10-5-4-8-15-10)13-14-11-6-2-3-7-12-11/h2-8H,1H3,(H,12,14). The van der Waals surface area contributed by atoms with Crippen molar-refractivity contribution in [3.05, 3.63) is 48.6 Å². The van der Waals surface area contributed by atoms with Crippen LogP contribution in [0.4, 0.5) is 5.82 Å². The average molecular weight is 201 g/mol. The first kappa shape index (κ1) is 9.45. The van der Waals surface area contributed by atoms with Gasteiger partial charge >= 0.3 is 0 Å². The maximum atomic E-state index is 5.19. The lowest BCUT2D eigenvalue weighted by Crippen LogP contribution is -1.98. The molecule has 2 heterocycles. The molecule has 0 spiro atoms. The summed E-state index contributed by atoms with van der Waals surface area (Å²) >= 11 is 0. The lowest BCUT2D eigenvalue weighted by molar-refractivity contribution is 0.557. The van der Waals surface area contributed by atoms with E-state index in [9.17, 15) is 0 Å². The van der Waals surface area contributed by atoms with E-state index in [0.717, 1.165) is 11.5 Å². The smallest absolute Gasteiger partial charge is 0.149 e. The number of furan rings is 1. The Bertz CT molecular complexity index is 434. The molecule has 76 valence electrons. The lowest BCUT2D eigenvalue weighted by atomic mass is 10.3. The fourth-order valence-corrected chi connectivity index (χ4v) is 1.11. The third kappa shape index (κ3) is 2.43. The molecule has 0 aliphatic heterocycles. The minimum Gasteiger partial charge on any atom is -0.463 e. The van der Waals surface area contributed by atoms with Gasteiger partial charge < -0.3 is 4.42 Å². The van der Waals surface area contributed by atoms with E-state index in [1.165, 1.54) is 0 Å². The van der Waals surface area contributed by atoms with E-state index >= 15 is 0 Å². The number of nitrogens with one attached hydrogen (secondary N) is 1. The van der Waals surface area contributed by atoms with Crippen LogP contribution < -0.4 is 5.43 Å². The highest BCUT2D eigenvalue weighted by Gasteiger charge is 1.99. The minimum atomic E-state index is 0.711. The van der Waals surface area contributed by atoms with Gasteiger partial charge in [-0.1, -0.05) is 6.07 Å². The van der Waals surface area contributed by atoms with Gasteiger partial charge in [0.25, 0.3) is 0 Å². The van der Waals surface area contributed by atoms with Crippen molar-refractivity contribution in [2.45, 2.75) is 6.92 Å². The van der Waals surface area contributed by atoms with Crippen LogP contribution in [0.5, 0.6) is 0 Å². The zero-order chi connectivity index (χ0) is 10.5. The zero-order valence-corrected chi connectivity index (χ0v) is 8.34. The Kier molecular flexibility index (Phi) is 2.78. The molecule has 2 rings (SSSR count). The van der Waals surface area contributed by atoms with Crippen LogP contribution in [0.25, 0.3) is 0 Å². The van der Waals surface area contributed by atoms with E-state index < -0.39 is 0 Å². The van der Waals surface area contributed by atoms with E-state index in [4.69, 9.17) is 4.42 Å². The molecule has 0 aliphatic rings. The van der Waals surface area contributed by atoms with Crippen molar-refractivity contribution in [3.63, 3.8) is 0 Å². The van der Waals surface area contributed by atoms with Crippen molar-refractivity contribution in [1.82, 2.24) is 4.98 Å². The highest BCUT2D eigenvalue weighted by atomic mass is 16.3. The molecule has 1 N–H and O–H groups in total. The predicted molar refractivity (Wildman–Crippen MR) is 58.8 cm³/mol. The van der Waals surface area contributed by atoms with E-state index in [1.807, 2.05) is 37.3 Å². The second-order valence-corrected chi connectivity index (χ2v) is 3.00. The Morgan fingerprint density at radius 1 is 1.33 bits per heavy atom. The maximum absolute atomic E-state index is 5.19. The minimum absolute atomic E-state index is 0.711. The second kappa shape index (κ2) is 4.41. The summed E-state index contributed by atoms with van der Waals surface area (Å²) in [6.07, 6.45) is 3.33. The summed E-state index contributed by atoms with van der Waals surface area (Å²) in [6, 6.07) is 9.29. The molecule has 0 atom stereocenters. The van der Waals surface area contributed by atoms with Gasteiger partial charge in [0.2, 0.25) is 0 Å². The molecule has 0 unspecified atom stereocenters. The quantitative estimate of drug-likeness (QED) is 0.613. The number of hydrogen-bond acceptors (Lipinski definition) is 4. The topological polar surface area (TPSA) is 50.4 Å². The van der Waals surface area contributed by atoms with Gasteiger partial charge in [0.15, 0.2) is 0 Å². The molecule has 0 saturated heterocycles. The molecule has 0 saturated carbocycles. The van der Waals surface area contributed by atoms with Crippen molar-refractivity contribution < 1.29 is 4.42 Å². The normalized spacial score (nSPS) is 11.4. The Labute approximate surface area is 87.6 Å². The zero-order valence-electron chi connectivity index (χ0n) is 8.34. The summed E-state index contributed by atoms with van der Waals surface area (Å²) in [5.74, 6) is 1.46. The van der Waals surface area contributed by atoms with Gasteiger partial charge in [0, 0.05) is 6.20 Å². The number of rotatable bonds is 3. The molecule has 2 aromatic rings. The third-order valence-electron chi connectivity index (χ3n) is 1.88. The summed E-state index contributed by atoms with van der Waals surface area (Å²) in [4.78, 5) is 4.08.